The van der Waals surface area contributed by atoms with Gasteiger partial charge in [0.15, 0.2) is 5.69 Å². The molecule has 0 saturated carbocycles. The largest absolute Gasteiger partial charge is 0.435 e. The number of rotatable bonds is 4. The monoisotopic (exact) mass is 392 g/mol. The normalized spacial score (nSPS) is 16.9. The van der Waals surface area contributed by atoms with Gasteiger partial charge in [-0.1, -0.05) is 24.8 Å². The highest BCUT2D eigenvalue weighted by Gasteiger charge is 2.41. The van der Waals surface area contributed by atoms with E-state index in [9.17, 15) is 22.8 Å². The molecular weight excluding hydrogens is 373 g/mol. The first-order valence-corrected chi connectivity index (χ1v) is 8.63. The van der Waals surface area contributed by atoms with Crippen molar-refractivity contribution in [1.29, 1.82) is 0 Å². The molecule has 1 atom stereocenters. The summed E-state index contributed by atoms with van der Waals surface area (Å²) in [5.74, 6) is -1.05. The minimum atomic E-state index is -4.77. The van der Waals surface area contributed by atoms with Gasteiger partial charge >= 0.3 is 6.18 Å². The number of carbonyl (C=O) groups is 2. The van der Waals surface area contributed by atoms with Crippen molar-refractivity contribution < 1.29 is 22.8 Å². The van der Waals surface area contributed by atoms with Crippen LogP contribution in [0.4, 0.5) is 13.2 Å². The van der Waals surface area contributed by atoms with E-state index in [1.807, 2.05) is 0 Å². The molecule has 1 aliphatic heterocycles. The topological polar surface area (TPSA) is 58.4 Å². The van der Waals surface area contributed by atoms with Crippen LogP contribution in [0.1, 0.15) is 22.5 Å². The van der Waals surface area contributed by atoms with Gasteiger partial charge in [0, 0.05) is 26.3 Å². The molecule has 0 spiro atoms. The quantitative estimate of drug-likeness (QED) is 0.752. The third-order valence-corrected chi connectivity index (χ3v) is 4.75. The van der Waals surface area contributed by atoms with Crippen molar-refractivity contribution in [3.8, 4) is 5.69 Å². The minimum Gasteiger partial charge on any atom is -0.337 e. The van der Waals surface area contributed by atoms with Crippen molar-refractivity contribution in [1.82, 2.24) is 19.6 Å². The average molecular weight is 392 g/mol. The number of benzene rings is 1. The minimum absolute atomic E-state index is 0.251. The molecule has 0 bridgehead atoms. The van der Waals surface area contributed by atoms with Crippen molar-refractivity contribution in [2.24, 2.45) is 0 Å². The maximum atomic E-state index is 13.5. The lowest BCUT2D eigenvalue weighted by Crippen LogP contribution is -2.40. The highest BCUT2D eigenvalue weighted by atomic mass is 19.4. The number of halogens is 3. The van der Waals surface area contributed by atoms with E-state index < -0.39 is 23.3 Å². The summed E-state index contributed by atoms with van der Waals surface area (Å²) in [4.78, 5) is 27.3. The molecule has 0 unspecified atom stereocenters. The fourth-order valence-electron chi connectivity index (χ4n) is 3.20. The van der Waals surface area contributed by atoms with E-state index in [1.54, 1.807) is 30.3 Å². The molecule has 1 fully saturated rings. The second-order valence-corrected chi connectivity index (χ2v) is 6.52. The molecule has 1 aliphatic rings. The Hall–Kier alpha value is -3.10. The maximum Gasteiger partial charge on any atom is 0.435 e. The van der Waals surface area contributed by atoms with E-state index in [0.29, 0.717) is 18.7 Å². The van der Waals surface area contributed by atoms with E-state index in [1.165, 1.54) is 22.9 Å². The number of carbonyl (C=O) groups excluding carboxylic acids is 2. The lowest BCUT2D eigenvalue weighted by atomic mass is 10.1. The second-order valence-electron chi connectivity index (χ2n) is 6.52. The van der Waals surface area contributed by atoms with Gasteiger partial charge in [0.2, 0.25) is 5.91 Å². The van der Waals surface area contributed by atoms with Crippen LogP contribution in [0.3, 0.4) is 0 Å². The number of alkyl halides is 3. The average Bonchev–Trinajstić information content (AvgIpc) is 3.34. The molecule has 2 heterocycles. The number of likely N-dealkylation sites (N-methyl/N-ethyl adjacent to an activating group) is 1. The number of hydrogen-bond donors (Lipinski definition) is 0. The van der Waals surface area contributed by atoms with Crippen molar-refractivity contribution in [2.45, 2.75) is 18.6 Å². The van der Waals surface area contributed by atoms with Crippen LogP contribution in [-0.2, 0) is 11.0 Å². The van der Waals surface area contributed by atoms with Crippen molar-refractivity contribution >= 4 is 11.8 Å². The summed E-state index contributed by atoms with van der Waals surface area (Å²) in [6.45, 7) is 4.09. The fraction of sp³-hybridized carbons (Fsp3) is 0.316. The Morgan fingerprint density at radius 3 is 2.57 bits per heavy atom. The highest BCUT2D eigenvalue weighted by molar-refractivity contribution is 5.95. The van der Waals surface area contributed by atoms with E-state index in [4.69, 9.17) is 0 Å². The Bertz CT molecular complexity index is 892. The van der Waals surface area contributed by atoms with Gasteiger partial charge < -0.3 is 9.80 Å². The number of nitrogens with zero attached hydrogens (tertiary/aromatic N) is 4. The summed E-state index contributed by atoms with van der Waals surface area (Å²) in [6.07, 6.45) is -2.02. The summed E-state index contributed by atoms with van der Waals surface area (Å²) in [7, 11) is 1.44. The van der Waals surface area contributed by atoms with Gasteiger partial charge in [-0.3, -0.25) is 9.59 Å². The highest BCUT2D eigenvalue weighted by Crippen LogP contribution is 2.32. The van der Waals surface area contributed by atoms with Crippen LogP contribution in [0.2, 0.25) is 0 Å². The van der Waals surface area contributed by atoms with Gasteiger partial charge in [-0.2, -0.15) is 18.3 Å². The Morgan fingerprint density at radius 1 is 1.29 bits per heavy atom. The van der Waals surface area contributed by atoms with Crippen LogP contribution in [-0.4, -0.2) is 57.6 Å². The summed E-state index contributed by atoms with van der Waals surface area (Å²) >= 11 is 0. The molecule has 1 aromatic carbocycles. The van der Waals surface area contributed by atoms with Gasteiger partial charge in [-0.15, -0.1) is 0 Å². The summed E-state index contributed by atoms with van der Waals surface area (Å²) < 4.78 is 41.5. The zero-order valence-electron chi connectivity index (χ0n) is 15.2. The molecule has 148 valence electrons. The van der Waals surface area contributed by atoms with Gasteiger partial charge in [-0.05, 0) is 24.6 Å². The van der Waals surface area contributed by atoms with Crippen LogP contribution in [0.5, 0.6) is 0 Å². The van der Waals surface area contributed by atoms with Gasteiger partial charge in [0.1, 0.15) is 0 Å². The smallest absolute Gasteiger partial charge is 0.337 e. The molecule has 1 aromatic heterocycles. The Labute approximate surface area is 159 Å². The molecule has 6 nitrogen and oxygen atoms in total. The van der Waals surface area contributed by atoms with Gasteiger partial charge in [0.25, 0.3) is 5.91 Å². The molecular formula is C19H19F3N4O2. The van der Waals surface area contributed by atoms with Crippen molar-refractivity contribution in [2.75, 3.05) is 20.1 Å². The molecule has 0 aliphatic carbocycles. The first-order valence-electron chi connectivity index (χ1n) is 8.63. The molecule has 2 aromatic rings. The Morgan fingerprint density at radius 2 is 1.96 bits per heavy atom. The lowest BCUT2D eigenvalue weighted by Gasteiger charge is -2.24. The first-order chi connectivity index (χ1) is 13.2. The maximum absolute atomic E-state index is 13.5. The number of para-hydroxylation sites is 1. The SMILES string of the molecule is C=CC(=O)N1CC[C@H](N(C)C(=O)c2cn(-c3ccccc3)nc2C(F)(F)F)C1. The zero-order chi connectivity index (χ0) is 20.5. The number of likely N-dealkylation sites (tertiary alicyclic amines) is 1. The third kappa shape index (κ3) is 3.78. The van der Waals surface area contributed by atoms with E-state index in [0.717, 1.165) is 10.9 Å². The summed E-state index contributed by atoms with van der Waals surface area (Å²) in [5, 5.41) is 3.60. The second kappa shape index (κ2) is 7.49. The van der Waals surface area contributed by atoms with Gasteiger partial charge in [-0.25, -0.2) is 4.68 Å². The molecule has 9 heteroatoms. The Balaban J connectivity index is 1.89. The standard InChI is InChI=1S/C19H19F3N4O2/c1-3-16(27)25-10-9-14(11-25)24(2)18(28)15-12-26(13-7-5-4-6-8-13)23-17(15)19(20,21)22/h3-8,12,14H,1,9-11H2,2H3/t14-/m0/s1. The summed E-state index contributed by atoms with van der Waals surface area (Å²) in [5.41, 5.74) is -1.34. The molecule has 3 rings (SSSR count). The van der Waals surface area contributed by atoms with Crippen LogP contribution >= 0.6 is 0 Å². The van der Waals surface area contributed by atoms with Crippen LogP contribution in [0.15, 0.2) is 49.2 Å². The number of amides is 2. The van der Waals surface area contributed by atoms with Crippen LogP contribution in [0.25, 0.3) is 5.69 Å². The number of aromatic nitrogens is 2. The zero-order valence-corrected chi connectivity index (χ0v) is 15.2. The van der Waals surface area contributed by atoms with Crippen LogP contribution < -0.4 is 0 Å². The van der Waals surface area contributed by atoms with Crippen molar-refractivity contribution in [3.05, 3.63) is 60.4 Å². The predicted molar refractivity (Wildman–Crippen MR) is 95.8 cm³/mol. The van der Waals surface area contributed by atoms with Crippen molar-refractivity contribution in [3.63, 3.8) is 0 Å². The summed E-state index contributed by atoms with van der Waals surface area (Å²) in [6, 6.07) is 7.89. The van der Waals surface area contributed by atoms with E-state index in [2.05, 4.69) is 11.7 Å². The Kier molecular flexibility index (Phi) is 5.26. The molecule has 0 radical (unpaired) electrons. The predicted octanol–water partition coefficient (Wildman–Crippen LogP) is 2.75. The van der Waals surface area contributed by atoms with Crippen LogP contribution in [0, 0.1) is 0 Å². The van der Waals surface area contributed by atoms with Gasteiger partial charge in [0.05, 0.1) is 17.3 Å². The fourth-order valence-corrected chi connectivity index (χ4v) is 3.20. The van der Waals surface area contributed by atoms with E-state index in [-0.39, 0.29) is 18.5 Å². The third-order valence-electron chi connectivity index (χ3n) is 4.75. The molecule has 0 N–H and O–H groups in total. The lowest BCUT2D eigenvalue weighted by molar-refractivity contribution is -0.141. The molecule has 2 amide bonds. The molecule has 1 saturated heterocycles. The number of hydrogen-bond acceptors (Lipinski definition) is 3. The molecule has 28 heavy (non-hydrogen) atoms. The van der Waals surface area contributed by atoms with E-state index >= 15 is 0 Å². The first kappa shape index (κ1) is 19.7.